The number of benzene rings is 1. The van der Waals surface area contributed by atoms with Gasteiger partial charge < -0.3 is 5.32 Å². The average molecular weight is 269 g/mol. The zero-order chi connectivity index (χ0) is 13.6. The first kappa shape index (κ1) is 15.2. The van der Waals surface area contributed by atoms with Gasteiger partial charge in [0.1, 0.15) is 9.84 Å². The van der Waals surface area contributed by atoms with Crippen molar-refractivity contribution in [2.45, 2.75) is 32.2 Å². The predicted octanol–water partition coefficient (Wildman–Crippen LogP) is 2.20. The van der Waals surface area contributed by atoms with Gasteiger partial charge >= 0.3 is 0 Å². The highest BCUT2D eigenvalue weighted by molar-refractivity contribution is 7.90. The fourth-order valence-electron chi connectivity index (χ4n) is 1.77. The minimum Gasteiger partial charge on any atom is -0.314 e. The molecule has 0 bridgehead atoms. The van der Waals surface area contributed by atoms with Gasteiger partial charge in [0.05, 0.1) is 5.75 Å². The normalized spacial score (nSPS) is 15.3. The minimum atomic E-state index is -2.85. The van der Waals surface area contributed by atoms with Crippen LogP contribution in [0.15, 0.2) is 30.3 Å². The third kappa shape index (κ3) is 6.17. The molecule has 1 aromatic carbocycles. The van der Waals surface area contributed by atoms with E-state index in [9.17, 15) is 8.42 Å². The van der Waals surface area contributed by atoms with Gasteiger partial charge in [-0.25, -0.2) is 8.42 Å². The van der Waals surface area contributed by atoms with Gasteiger partial charge in [-0.05, 0) is 24.8 Å². The van der Waals surface area contributed by atoms with Crippen LogP contribution >= 0.6 is 0 Å². The molecular formula is C14H23NO2S. The molecule has 1 aromatic rings. The third-order valence-corrected chi connectivity index (χ3v) is 4.04. The van der Waals surface area contributed by atoms with E-state index < -0.39 is 9.84 Å². The van der Waals surface area contributed by atoms with Crippen LogP contribution < -0.4 is 5.32 Å². The largest absolute Gasteiger partial charge is 0.314 e. The molecule has 0 saturated heterocycles. The molecule has 1 N–H and O–H groups in total. The maximum atomic E-state index is 11.1. The standard InChI is InChI=1S/C14H23NO2S/c1-12(14-7-5-4-6-8-14)11-15-13(2)9-10-18(3,16)17/h4-8,12-13,15H,9-11H2,1-3H3/t12-,13-/m1/s1. The van der Waals surface area contributed by atoms with Crippen molar-refractivity contribution in [3.05, 3.63) is 35.9 Å². The maximum Gasteiger partial charge on any atom is 0.147 e. The van der Waals surface area contributed by atoms with E-state index in [1.54, 1.807) is 0 Å². The fraction of sp³-hybridized carbons (Fsp3) is 0.571. The molecule has 0 aromatic heterocycles. The zero-order valence-corrected chi connectivity index (χ0v) is 12.2. The van der Waals surface area contributed by atoms with E-state index in [0.717, 1.165) is 6.54 Å². The van der Waals surface area contributed by atoms with Crippen LogP contribution in [0.25, 0.3) is 0 Å². The summed E-state index contributed by atoms with van der Waals surface area (Å²) in [6.45, 7) is 5.07. The molecule has 0 aliphatic carbocycles. The molecule has 2 atom stereocenters. The van der Waals surface area contributed by atoms with E-state index >= 15 is 0 Å². The van der Waals surface area contributed by atoms with Gasteiger partial charge in [0, 0.05) is 18.8 Å². The molecule has 1 rings (SSSR count). The second-order valence-electron chi connectivity index (χ2n) is 5.04. The SMILES string of the molecule is C[C@H](CCS(C)(=O)=O)NC[C@@H](C)c1ccccc1. The molecule has 0 radical (unpaired) electrons. The molecule has 102 valence electrons. The van der Waals surface area contributed by atoms with Gasteiger partial charge in [-0.15, -0.1) is 0 Å². The molecule has 0 aliphatic heterocycles. The van der Waals surface area contributed by atoms with Gasteiger partial charge in [0.25, 0.3) is 0 Å². The van der Waals surface area contributed by atoms with E-state index in [-0.39, 0.29) is 11.8 Å². The van der Waals surface area contributed by atoms with Crippen LogP contribution in [0.4, 0.5) is 0 Å². The van der Waals surface area contributed by atoms with Crippen molar-refractivity contribution in [1.82, 2.24) is 5.32 Å². The van der Waals surface area contributed by atoms with Gasteiger partial charge in [-0.1, -0.05) is 37.3 Å². The molecule has 0 amide bonds. The van der Waals surface area contributed by atoms with Crippen LogP contribution in [0.5, 0.6) is 0 Å². The Labute approximate surface area is 111 Å². The monoisotopic (exact) mass is 269 g/mol. The molecule has 0 aliphatic rings. The Morgan fingerprint density at radius 2 is 1.78 bits per heavy atom. The Hall–Kier alpha value is -0.870. The van der Waals surface area contributed by atoms with Crippen LogP contribution in [0.1, 0.15) is 31.7 Å². The second-order valence-corrected chi connectivity index (χ2v) is 7.30. The molecule has 0 saturated carbocycles. The molecule has 0 fully saturated rings. The van der Waals surface area contributed by atoms with Crippen molar-refractivity contribution in [3.8, 4) is 0 Å². The summed E-state index contributed by atoms with van der Waals surface area (Å²) in [7, 11) is -2.85. The minimum absolute atomic E-state index is 0.228. The summed E-state index contributed by atoms with van der Waals surface area (Å²) >= 11 is 0. The summed E-state index contributed by atoms with van der Waals surface area (Å²) in [6, 6.07) is 10.6. The summed E-state index contributed by atoms with van der Waals surface area (Å²) in [4.78, 5) is 0. The summed E-state index contributed by atoms with van der Waals surface area (Å²) in [6.07, 6.45) is 1.95. The Morgan fingerprint density at radius 1 is 1.17 bits per heavy atom. The molecule has 0 heterocycles. The number of nitrogens with one attached hydrogen (secondary N) is 1. The summed E-state index contributed by atoms with van der Waals surface area (Å²) < 4.78 is 22.1. The Morgan fingerprint density at radius 3 is 2.33 bits per heavy atom. The number of hydrogen-bond acceptors (Lipinski definition) is 3. The lowest BCUT2D eigenvalue weighted by molar-refractivity contribution is 0.504. The third-order valence-electron chi connectivity index (χ3n) is 3.06. The van der Waals surface area contributed by atoms with Crippen LogP contribution in [-0.2, 0) is 9.84 Å². The average Bonchev–Trinajstić information content (AvgIpc) is 2.33. The molecular weight excluding hydrogens is 246 g/mol. The highest BCUT2D eigenvalue weighted by Crippen LogP contribution is 2.13. The van der Waals surface area contributed by atoms with E-state index in [4.69, 9.17) is 0 Å². The van der Waals surface area contributed by atoms with Crippen LogP contribution in [-0.4, -0.2) is 33.0 Å². The predicted molar refractivity (Wildman–Crippen MR) is 76.6 cm³/mol. The first-order chi connectivity index (χ1) is 8.38. The number of hydrogen-bond donors (Lipinski definition) is 1. The van der Waals surface area contributed by atoms with E-state index in [2.05, 4.69) is 24.4 Å². The van der Waals surface area contributed by atoms with E-state index in [1.165, 1.54) is 11.8 Å². The molecule has 0 unspecified atom stereocenters. The maximum absolute atomic E-state index is 11.1. The van der Waals surface area contributed by atoms with Crippen molar-refractivity contribution in [3.63, 3.8) is 0 Å². The van der Waals surface area contributed by atoms with Crippen molar-refractivity contribution >= 4 is 9.84 Å². The second kappa shape index (κ2) is 6.90. The molecule has 4 heteroatoms. The van der Waals surface area contributed by atoms with Crippen molar-refractivity contribution in [2.24, 2.45) is 0 Å². The number of rotatable bonds is 7. The molecule has 0 spiro atoms. The number of sulfone groups is 1. The first-order valence-corrected chi connectivity index (χ1v) is 8.40. The lowest BCUT2D eigenvalue weighted by Gasteiger charge is -2.17. The van der Waals surface area contributed by atoms with Crippen molar-refractivity contribution in [1.29, 1.82) is 0 Å². The summed E-state index contributed by atoms with van der Waals surface area (Å²) in [5.74, 6) is 0.688. The van der Waals surface area contributed by atoms with E-state index in [0.29, 0.717) is 12.3 Å². The van der Waals surface area contributed by atoms with Gasteiger partial charge in [0.2, 0.25) is 0 Å². The zero-order valence-electron chi connectivity index (χ0n) is 11.4. The smallest absolute Gasteiger partial charge is 0.147 e. The van der Waals surface area contributed by atoms with Crippen molar-refractivity contribution in [2.75, 3.05) is 18.6 Å². The van der Waals surface area contributed by atoms with Crippen LogP contribution in [0.2, 0.25) is 0 Å². The van der Waals surface area contributed by atoms with Gasteiger partial charge in [-0.3, -0.25) is 0 Å². The molecule has 18 heavy (non-hydrogen) atoms. The van der Waals surface area contributed by atoms with Crippen molar-refractivity contribution < 1.29 is 8.42 Å². The fourth-order valence-corrected chi connectivity index (χ4v) is 2.55. The lowest BCUT2D eigenvalue weighted by Crippen LogP contribution is -2.31. The summed E-state index contributed by atoms with van der Waals surface area (Å²) in [5.41, 5.74) is 1.31. The highest BCUT2D eigenvalue weighted by Gasteiger charge is 2.10. The Balaban J connectivity index is 2.32. The summed E-state index contributed by atoms with van der Waals surface area (Å²) in [5, 5.41) is 3.39. The van der Waals surface area contributed by atoms with Crippen LogP contribution in [0.3, 0.4) is 0 Å². The van der Waals surface area contributed by atoms with Gasteiger partial charge in [0.15, 0.2) is 0 Å². The Kier molecular flexibility index (Phi) is 5.82. The van der Waals surface area contributed by atoms with Gasteiger partial charge in [-0.2, -0.15) is 0 Å². The molecule has 3 nitrogen and oxygen atoms in total. The first-order valence-electron chi connectivity index (χ1n) is 6.34. The lowest BCUT2D eigenvalue weighted by atomic mass is 10.0. The topological polar surface area (TPSA) is 46.2 Å². The Bertz CT molecular complexity index is 442. The highest BCUT2D eigenvalue weighted by atomic mass is 32.2. The van der Waals surface area contributed by atoms with E-state index in [1.807, 2.05) is 25.1 Å². The quantitative estimate of drug-likeness (QED) is 0.825. The van der Waals surface area contributed by atoms with Crippen LogP contribution in [0, 0.1) is 0 Å².